The SMILES string of the molecule is N#C/C(=C/c1cn(CC(=O)[O-])c2ccccc12)c1ccc(F)cc1. The minimum atomic E-state index is -1.19. The first-order chi connectivity index (χ1) is 11.6. The molecule has 24 heavy (non-hydrogen) atoms. The number of para-hydroxylation sites is 1. The zero-order valence-corrected chi connectivity index (χ0v) is 12.6. The number of allylic oxidation sites excluding steroid dienone is 1. The molecule has 3 aromatic rings. The molecule has 5 heteroatoms. The van der Waals surface area contributed by atoms with Crippen LogP contribution in [0.3, 0.4) is 0 Å². The van der Waals surface area contributed by atoms with Crippen molar-refractivity contribution >= 4 is 28.5 Å². The molecule has 0 spiro atoms. The summed E-state index contributed by atoms with van der Waals surface area (Å²) in [6, 6.07) is 15.1. The molecular formula is C19H12FN2O2-. The zero-order chi connectivity index (χ0) is 17.1. The molecule has 2 aromatic carbocycles. The number of halogens is 1. The smallest absolute Gasteiger partial charge is 0.123 e. The molecule has 0 bridgehead atoms. The second kappa shape index (κ2) is 6.39. The summed E-state index contributed by atoms with van der Waals surface area (Å²) in [4.78, 5) is 10.9. The predicted octanol–water partition coefficient (Wildman–Crippen LogP) is 2.59. The van der Waals surface area contributed by atoms with Crippen molar-refractivity contribution in [3.63, 3.8) is 0 Å². The van der Waals surface area contributed by atoms with Gasteiger partial charge in [0, 0.05) is 22.7 Å². The summed E-state index contributed by atoms with van der Waals surface area (Å²) in [5, 5.41) is 21.2. The normalized spacial score (nSPS) is 11.4. The molecule has 118 valence electrons. The van der Waals surface area contributed by atoms with E-state index in [0.717, 1.165) is 10.9 Å². The fourth-order valence-corrected chi connectivity index (χ4v) is 2.63. The molecule has 0 aliphatic carbocycles. The van der Waals surface area contributed by atoms with Gasteiger partial charge in [-0.25, -0.2) is 4.39 Å². The summed E-state index contributed by atoms with van der Waals surface area (Å²) in [5.74, 6) is -1.56. The van der Waals surface area contributed by atoms with Gasteiger partial charge in [-0.3, -0.25) is 0 Å². The fourth-order valence-electron chi connectivity index (χ4n) is 2.63. The summed E-state index contributed by atoms with van der Waals surface area (Å²) in [6.07, 6.45) is 3.34. The fraction of sp³-hybridized carbons (Fsp3) is 0.0526. The first-order valence-corrected chi connectivity index (χ1v) is 7.24. The van der Waals surface area contributed by atoms with Gasteiger partial charge < -0.3 is 14.5 Å². The third kappa shape index (κ3) is 3.03. The standard InChI is InChI=1S/C19H13FN2O2/c20-16-7-5-13(6-8-16)14(10-21)9-15-11-22(12-19(23)24)18-4-2-1-3-17(15)18/h1-9,11H,12H2,(H,23,24)/p-1/b14-9-. The minimum Gasteiger partial charge on any atom is -0.548 e. The van der Waals surface area contributed by atoms with E-state index in [0.29, 0.717) is 16.7 Å². The topological polar surface area (TPSA) is 68.8 Å². The molecule has 0 saturated carbocycles. The van der Waals surface area contributed by atoms with E-state index in [2.05, 4.69) is 6.07 Å². The van der Waals surface area contributed by atoms with E-state index in [4.69, 9.17) is 0 Å². The highest BCUT2D eigenvalue weighted by molar-refractivity contribution is 5.98. The number of rotatable bonds is 4. The number of hydrogen-bond donors (Lipinski definition) is 0. The largest absolute Gasteiger partial charge is 0.548 e. The molecule has 1 heterocycles. The molecule has 0 saturated heterocycles. The number of aliphatic carboxylic acids is 1. The highest BCUT2D eigenvalue weighted by Crippen LogP contribution is 2.26. The molecule has 0 aliphatic rings. The van der Waals surface area contributed by atoms with Crippen LogP contribution in [0.15, 0.2) is 54.7 Å². The number of hydrogen-bond acceptors (Lipinski definition) is 3. The average Bonchev–Trinajstić information content (AvgIpc) is 2.91. The molecular weight excluding hydrogens is 307 g/mol. The molecule has 1 aromatic heterocycles. The number of benzene rings is 2. The predicted molar refractivity (Wildman–Crippen MR) is 86.8 cm³/mol. The van der Waals surface area contributed by atoms with E-state index in [1.165, 1.54) is 24.3 Å². The lowest BCUT2D eigenvalue weighted by Crippen LogP contribution is -2.27. The number of nitrogens with zero attached hydrogens (tertiary/aromatic N) is 2. The Morgan fingerprint density at radius 2 is 1.92 bits per heavy atom. The number of aromatic nitrogens is 1. The summed E-state index contributed by atoms with van der Waals surface area (Å²) in [7, 11) is 0. The second-order valence-electron chi connectivity index (χ2n) is 5.28. The average molecular weight is 319 g/mol. The molecule has 0 aliphatic heterocycles. The summed E-state index contributed by atoms with van der Waals surface area (Å²) >= 11 is 0. The van der Waals surface area contributed by atoms with Crippen LogP contribution >= 0.6 is 0 Å². The van der Waals surface area contributed by atoms with Crippen molar-refractivity contribution in [1.82, 2.24) is 4.57 Å². The summed E-state index contributed by atoms with van der Waals surface area (Å²) < 4.78 is 14.6. The van der Waals surface area contributed by atoms with Gasteiger partial charge in [-0.15, -0.1) is 0 Å². The number of carboxylic acid groups (broad SMARTS) is 1. The minimum absolute atomic E-state index is 0.271. The maximum absolute atomic E-state index is 13.0. The monoisotopic (exact) mass is 319 g/mol. The number of fused-ring (bicyclic) bond motifs is 1. The number of carbonyl (C=O) groups excluding carboxylic acids is 1. The lowest BCUT2D eigenvalue weighted by molar-refractivity contribution is -0.306. The van der Waals surface area contributed by atoms with Gasteiger partial charge in [0.2, 0.25) is 0 Å². The van der Waals surface area contributed by atoms with Crippen molar-refractivity contribution in [3.05, 3.63) is 71.7 Å². The Balaban J connectivity index is 2.13. The van der Waals surface area contributed by atoms with Crippen LogP contribution in [0, 0.1) is 17.1 Å². The van der Waals surface area contributed by atoms with Gasteiger partial charge in [-0.2, -0.15) is 5.26 Å². The van der Waals surface area contributed by atoms with Crippen LogP contribution in [0.2, 0.25) is 0 Å². The molecule has 0 amide bonds. The van der Waals surface area contributed by atoms with E-state index in [9.17, 15) is 19.6 Å². The molecule has 0 unspecified atom stereocenters. The Kier molecular flexibility index (Phi) is 4.13. The Morgan fingerprint density at radius 3 is 2.58 bits per heavy atom. The van der Waals surface area contributed by atoms with Crippen LogP contribution in [0.4, 0.5) is 4.39 Å². The lowest BCUT2D eigenvalue weighted by atomic mass is 10.0. The first-order valence-electron chi connectivity index (χ1n) is 7.24. The molecule has 0 fully saturated rings. The summed E-state index contributed by atoms with van der Waals surface area (Å²) in [5.41, 5.74) is 2.42. The van der Waals surface area contributed by atoms with Crippen LogP contribution in [-0.2, 0) is 11.3 Å². The van der Waals surface area contributed by atoms with Gasteiger partial charge in [0.05, 0.1) is 24.2 Å². The number of carboxylic acids is 1. The highest BCUT2D eigenvalue weighted by Gasteiger charge is 2.09. The quantitative estimate of drug-likeness (QED) is 0.694. The molecule has 4 nitrogen and oxygen atoms in total. The molecule has 0 radical (unpaired) electrons. The first kappa shape index (κ1) is 15.5. The Labute approximate surface area is 137 Å². The van der Waals surface area contributed by atoms with Gasteiger partial charge in [-0.05, 0) is 29.8 Å². The van der Waals surface area contributed by atoms with Gasteiger partial charge in [0.25, 0.3) is 0 Å². The van der Waals surface area contributed by atoms with Crippen LogP contribution in [-0.4, -0.2) is 10.5 Å². The molecule has 3 rings (SSSR count). The Hall–Kier alpha value is -3.39. The lowest BCUT2D eigenvalue weighted by Gasteiger charge is -2.04. The summed E-state index contributed by atoms with van der Waals surface area (Å²) in [6.45, 7) is -0.271. The third-order valence-electron chi connectivity index (χ3n) is 3.69. The van der Waals surface area contributed by atoms with Crippen molar-refractivity contribution in [2.24, 2.45) is 0 Å². The third-order valence-corrected chi connectivity index (χ3v) is 3.69. The highest BCUT2D eigenvalue weighted by atomic mass is 19.1. The van der Waals surface area contributed by atoms with Gasteiger partial charge in [0.1, 0.15) is 5.82 Å². The van der Waals surface area contributed by atoms with E-state index in [1.54, 1.807) is 22.9 Å². The molecule has 0 atom stereocenters. The van der Waals surface area contributed by atoms with Crippen molar-refractivity contribution in [3.8, 4) is 6.07 Å². The van der Waals surface area contributed by atoms with E-state index in [-0.39, 0.29) is 12.4 Å². The maximum atomic E-state index is 13.0. The maximum Gasteiger partial charge on any atom is 0.123 e. The molecule has 0 N–H and O–H groups in total. The van der Waals surface area contributed by atoms with E-state index in [1.807, 2.05) is 18.2 Å². The van der Waals surface area contributed by atoms with Crippen molar-refractivity contribution in [2.45, 2.75) is 6.54 Å². The van der Waals surface area contributed by atoms with Gasteiger partial charge in [-0.1, -0.05) is 30.3 Å². The van der Waals surface area contributed by atoms with Crippen LogP contribution in [0.1, 0.15) is 11.1 Å². The number of nitriles is 1. The van der Waals surface area contributed by atoms with Crippen LogP contribution < -0.4 is 5.11 Å². The van der Waals surface area contributed by atoms with Gasteiger partial charge in [0.15, 0.2) is 0 Å². The Morgan fingerprint density at radius 1 is 1.21 bits per heavy atom. The van der Waals surface area contributed by atoms with Crippen LogP contribution in [0.5, 0.6) is 0 Å². The van der Waals surface area contributed by atoms with E-state index >= 15 is 0 Å². The zero-order valence-electron chi connectivity index (χ0n) is 12.6. The van der Waals surface area contributed by atoms with Crippen LogP contribution in [0.25, 0.3) is 22.6 Å². The second-order valence-corrected chi connectivity index (χ2v) is 5.28. The number of carbonyl (C=O) groups is 1. The van der Waals surface area contributed by atoms with Crippen molar-refractivity contribution in [2.75, 3.05) is 0 Å². The van der Waals surface area contributed by atoms with Crippen molar-refractivity contribution < 1.29 is 14.3 Å². The van der Waals surface area contributed by atoms with E-state index < -0.39 is 5.97 Å². The van der Waals surface area contributed by atoms with Gasteiger partial charge >= 0.3 is 0 Å². The van der Waals surface area contributed by atoms with Crippen molar-refractivity contribution in [1.29, 1.82) is 5.26 Å². The Bertz CT molecular complexity index is 979.